The van der Waals surface area contributed by atoms with Gasteiger partial charge in [0.15, 0.2) is 0 Å². The summed E-state index contributed by atoms with van der Waals surface area (Å²) < 4.78 is 5.06. The number of rotatable bonds is 1. The highest BCUT2D eigenvalue weighted by atomic mass is 16.5. The molecule has 0 amide bonds. The molecule has 1 aromatic rings. The first-order chi connectivity index (χ1) is 6.68. The molecule has 1 atom stereocenters. The number of carbonyl (C=O) groups is 1. The Morgan fingerprint density at radius 1 is 1.57 bits per heavy atom. The van der Waals surface area contributed by atoms with Crippen molar-refractivity contribution in [3.8, 4) is 5.75 Å². The van der Waals surface area contributed by atoms with E-state index in [1.807, 2.05) is 6.07 Å². The maximum Gasteiger partial charge on any atom is 0.308 e. The van der Waals surface area contributed by atoms with E-state index in [-0.39, 0.29) is 5.97 Å². The van der Waals surface area contributed by atoms with Crippen LogP contribution in [0.15, 0.2) is 18.2 Å². The van der Waals surface area contributed by atoms with Gasteiger partial charge >= 0.3 is 5.97 Å². The topological polar surface area (TPSA) is 46.5 Å². The molecule has 3 nitrogen and oxygen atoms in total. The number of hydrogen-bond acceptors (Lipinski definition) is 3. The van der Waals surface area contributed by atoms with Crippen molar-refractivity contribution < 1.29 is 14.6 Å². The van der Waals surface area contributed by atoms with Gasteiger partial charge in [0, 0.05) is 12.5 Å². The number of benzene rings is 1. The molecular weight excluding hydrogens is 180 g/mol. The van der Waals surface area contributed by atoms with Gasteiger partial charge in [-0.2, -0.15) is 0 Å². The van der Waals surface area contributed by atoms with Gasteiger partial charge in [-0.05, 0) is 24.5 Å². The summed E-state index contributed by atoms with van der Waals surface area (Å²) in [5.41, 5.74) is 1.86. The molecule has 0 heterocycles. The van der Waals surface area contributed by atoms with E-state index in [9.17, 15) is 9.90 Å². The zero-order valence-corrected chi connectivity index (χ0v) is 7.99. The molecule has 1 N–H and O–H groups in total. The van der Waals surface area contributed by atoms with Crippen LogP contribution in [0.1, 0.15) is 30.6 Å². The SMILES string of the molecule is CC(=O)Oc1cccc2c1CCC2O. The van der Waals surface area contributed by atoms with Crippen LogP contribution in [0.2, 0.25) is 0 Å². The molecule has 1 unspecified atom stereocenters. The van der Waals surface area contributed by atoms with Crippen LogP contribution in [0, 0.1) is 0 Å². The average Bonchev–Trinajstić information content (AvgIpc) is 2.49. The zero-order chi connectivity index (χ0) is 10.1. The maximum atomic E-state index is 10.8. The van der Waals surface area contributed by atoms with E-state index in [1.54, 1.807) is 12.1 Å². The van der Waals surface area contributed by atoms with Gasteiger partial charge < -0.3 is 9.84 Å². The van der Waals surface area contributed by atoms with Crippen molar-refractivity contribution in [2.75, 3.05) is 0 Å². The van der Waals surface area contributed by atoms with Crippen molar-refractivity contribution in [3.05, 3.63) is 29.3 Å². The van der Waals surface area contributed by atoms with Crippen LogP contribution in [0.3, 0.4) is 0 Å². The number of hydrogen-bond donors (Lipinski definition) is 1. The van der Waals surface area contributed by atoms with Crippen molar-refractivity contribution in [1.82, 2.24) is 0 Å². The summed E-state index contributed by atoms with van der Waals surface area (Å²) >= 11 is 0. The van der Waals surface area contributed by atoms with Gasteiger partial charge in [-0.25, -0.2) is 0 Å². The minimum atomic E-state index is -0.402. The van der Waals surface area contributed by atoms with Gasteiger partial charge in [0.25, 0.3) is 0 Å². The second-order valence-corrected chi connectivity index (χ2v) is 3.47. The first-order valence-corrected chi connectivity index (χ1v) is 4.67. The largest absolute Gasteiger partial charge is 0.426 e. The lowest BCUT2D eigenvalue weighted by molar-refractivity contribution is -0.131. The standard InChI is InChI=1S/C11H12O3/c1-7(12)14-11-4-2-3-8-9(11)5-6-10(8)13/h2-4,10,13H,5-6H2,1H3. The normalized spacial score (nSPS) is 19.1. The Morgan fingerprint density at radius 3 is 3.07 bits per heavy atom. The minimum absolute atomic E-state index is 0.320. The molecule has 3 heteroatoms. The summed E-state index contributed by atoms with van der Waals surface area (Å²) in [6.07, 6.45) is 1.09. The Labute approximate surface area is 82.3 Å². The van der Waals surface area contributed by atoms with Gasteiger partial charge in [-0.3, -0.25) is 4.79 Å². The molecule has 14 heavy (non-hydrogen) atoms. The molecular formula is C11H12O3. The molecule has 0 radical (unpaired) electrons. The molecule has 2 rings (SSSR count). The predicted molar refractivity (Wildman–Crippen MR) is 51.0 cm³/mol. The van der Waals surface area contributed by atoms with Crippen molar-refractivity contribution in [1.29, 1.82) is 0 Å². The number of aliphatic hydroxyl groups is 1. The highest BCUT2D eigenvalue weighted by molar-refractivity contribution is 5.70. The Kier molecular flexibility index (Phi) is 2.25. The quantitative estimate of drug-likeness (QED) is 0.543. The Balaban J connectivity index is 2.39. The monoisotopic (exact) mass is 192 g/mol. The van der Waals surface area contributed by atoms with Gasteiger partial charge in [0.05, 0.1) is 6.10 Å². The molecule has 0 bridgehead atoms. The van der Waals surface area contributed by atoms with Crippen molar-refractivity contribution in [2.24, 2.45) is 0 Å². The van der Waals surface area contributed by atoms with E-state index in [4.69, 9.17) is 4.74 Å². The smallest absolute Gasteiger partial charge is 0.308 e. The molecule has 0 spiro atoms. The lowest BCUT2D eigenvalue weighted by Crippen LogP contribution is -2.03. The van der Waals surface area contributed by atoms with Crippen molar-refractivity contribution in [3.63, 3.8) is 0 Å². The average molecular weight is 192 g/mol. The van der Waals surface area contributed by atoms with E-state index in [0.717, 1.165) is 17.5 Å². The first kappa shape index (κ1) is 9.21. The van der Waals surface area contributed by atoms with Crippen LogP contribution in [0.5, 0.6) is 5.75 Å². The minimum Gasteiger partial charge on any atom is -0.426 e. The molecule has 0 aliphatic heterocycles. The van der Waals surface area contributed by atoms with E-state index in [0.29, 0.717) is 12.2 Å². The number of ether oxygens (including phenoxy) is 1. The fourth-order valence-electron chi connectivity index (χ4n) is 1.85. The summed E-state index contributed by atoms with van der Waals surface area (Å²) in [6, 6.07) is 5.43. The van der Waals surface area contributed by atoms with Crippen LogP contribution in [0.4, 0.5) is 0 Å². The van der Waals surface area contributed by atoms with E-state index >= 15 is 0 Å². The van der Waals surface area contributed by atoms with Crippen LogP contribution in [0.25, 0.3) is 0 Å². The molecule has 1 aliphatic carbocycles. The Bertz CT molecular complexity index is 371. The third kappa shape index (κ3) is 1.51. The fraction of sp³-hybridized carbons (Fsp3) is 0.364. The van der Waals surface area contributed by atoms with Crippen LogP contribution < -0.4 is 4.74 Å². The van der Waals surface area contributed by atoms with Crippen LogP contribution in [-0.2, 0) is 11.2 Å². The lowest BCUT2D eigenvalue weighted by Gasteiger charge is -2.07. The first-order valence-electron chi connectivity index (χ1n) is 4.67. The maximum absolute atomic E-state index is 10.8. The summed E-state index contributed by atoms with van der Waals surface area (Å²) in [4.78, 5) is 10.8. The molecule has 1 aromatic carbocycles. The molecule has 74 valence electrons. The second-order valence-electron chi connectivity index (χ2n) is 3.47. The van der Waals surface area contributed by atoms with Crippen molar-refractivity contribution in [2.45, 2.75) is 25.9 Å². The van der Waals surface area contributed by atoms with E-state index in [2.05, 4.69) is 0 Å². The van der Waals surface area contributed by atoms with Gasteiger partial charge in [0.2, 0.25) is 0 Å². The zero-order valence-electron chi connectivity index (χ0n) is 7.99. The summed E-state index contributed by atoms with van der Waals surface area (Å²) in [5.74, 6) is 0.270. The van der Waals surface area contributed by atoms with Crippen LogP contribution in [-0.4, -0.2) is 11.1 Å². The lowest BCUT2D eigenvalue weighted by atomic mass is 10.1. The fourth-order valence-corrected chi connectivity index (χ4v) is 1.85. The number of carbonyl (C=O) groups excluding carboxylic acids is 1. The van der Waals surface area contributed by atoms with Crippen molar-refractivity contribution >= 4 is 5.97 Å². The van der Waals surface area contributed by atoms with E-state index in [1.165, 1.54) is 6.92 Å². The Hall–Kier alpha value is -1.35. The molecule has 0 aromatic heterocycles. The van der Waals surface area contributed by atoms with Gasteiger partial charge in [0.1, 0.15) is 5.75 Å². The van der Waals surface area contributed by atoms with Gasteiger partial charge in [-0.1, -0.05) is 12.1 Å². The summed E-state index contributed by atoms with van der Waals surface area (Å²) in [6.45, 7) is 1.38. The third-order valence-electron chi connectivity index (χ3n) is 2.45. The highest BCUT2D eigenvalue weighted by Crippen LogP contribution is 2.36. The molecule has 1 aliphatic rings. The Morgan fingerprint density at radius 2 is 2.36 bits per heavy atom. The third-order valence-corrected chi connectivity index (χ3v) is 2.45. The molecule has 0 saturated heterocycles. The second kappa shape index (κ2) is 3.42. The van der Waals surface area contributed by atoms with Gasteiger partial charge in [-0.15, -0.1) is 0 Å². The summed E-state index contributed by atoms with van der Waals surface area (Å²) in [7, 11) is 0. The number of aliphatic hydroxyl groups excluding tert-OH is 1. The highest BCUT2D eigenvalue weighted by Gasteiger charge is 2.23. The molecule has 0 fully saturated rings. The van der Waals surface area contributed by atoms with E-state index < -0.39 is 6.10 Å². The number of esters is 1. The predicted octanol–water partition coefficient (Wildman–Crippen LogP) is 1.59. The summed E-state index contributed by atoms with van der Waals surface area (Å²) in [5, 5.41) is 9.60. The molecule has 0 saturated carbocycles. The van der Waals surface area contributed by atoms with Crippen LogP contribution >= 0.6 is 0 Å². The number of fused-ring (bicyclic) bond motifs is 1.